The van der Waals surface area contributed by atoms with Gasteiger partial charge in [0, 0.05) is 6.42 Å². The minimum Gasteiger partial charge on any atom is -0.481 e. The second-order valence-electron chi connectivity index (χ2n) is 7.30. The normalized spacial score (nSPS) is 34.9. The van der Waals surface area contributed by atoms with Gasteiger partial charge in [-0.05, 0) is 62.2 Å². The van der Waals surface area contributed by atoms with Crippen molar-refractivity contribution in [2.24, 2.45) is 23.7 Å². The van der Waals surface area contributed by atoms with Crippen molar-refractivity contribution in [3.05, 3.63) is 0 Å². The van der Waals surface area contributed by atoms with E-state index in [0.717, 1.165) is 30.6 Å². The van der Waals surface area contributed by atoms with E-state index in [1.165, 1.54) is 57.8 Å². The van der Waals surface area contributed by atoms with Crippen LogP contribution in [0.3, 0.4) is 0 Å². The summed E-state index contributed by atoms with van der Waals surface area (Å²) in [6.07, 6.45) is 15.3. The third kappa shape index (κ3) is 4.79. The summed E-state index contributed by atoms with van der Waals surface area (Å²) >= 11 is 0. The Morgan fingerprint density at radius 3 is 1.85 bits per heavy atom. The molecule has 20 heavy (non-hydrogen) atoms. The molecule has 2 fully saturated rings. The maximum absolute atomic E-state index is 10.8. The molecule has 2 saturated carbocycles. The first-order valence-corrected chi connectivity index (χ1v) is 8.90. The molecule has 0 amide bonds. The smallest absolute Gasteiger partial charge is 0.303 e. The molecule has 0 saturated heterocycles. The van der Waals surface area contributed by atoms with Gasteiger partial charge in [0.15, 0.2) is 0 Å². The number of carboxylic acid groups (broad SMARTS) is 1. The Hall–Kier alpha value is -0.530. The zero-order chi connectivity index (χ0) is 14.4. The van der Waals surface area contributed by atoms with E-state index in [0.29, 0.717) is 12.3 Å². The van der Waals surface area contributed by atoms with E-state index in [1.807, 2.05) is 0 Å². The largest absolute Gasteiger partial charge is 0.481 e. The molecule has 2 heteroatoms. The Morgan fingerprint density at radius 1 is 0.900 bits per heavy atom. The lowest BCUT2D eigenvalue weighted by Gasteiger charge is -2.37. The summed E-state index contributed by atoms with van der Waals surface area (Å²) in [6, 6.07) is 0. The van der Waals surface area contributed by atoms with Crippen molar-refractivity contribution in [2.75, 3.05) is 0 Å². The third-order valence-corrected chi connectivity index (χ3v) is 5.88. The molecular weight excluding hydrogens is 248 g/mol. The number of hydrogen-bond acceptors (Lipinski definition) is 1. The number of carboxylic acids is 1. The highest BCUT2D eigenvalue weighted by Gasteiger charge is 2.31. The molecule has 0 radical (unpaired) electrons. The predicted molar refractivity (Wildman–Crippen MR) is 82.7 cm³/mol. The average Bonchev–Trinajstić information content (AvgIpc) is 2.46. The maximum atomic E-state index is 10.8. The van der Waals surface area contributed by atoms with Crippen molar-refractivity contribution in [3.8, 4) is 0 Å². The van der Waals surface area contributed by atoms with Crippen LogP contribution < -0.4 is 0 Å². The van der Waals surface area contributed by atoms with Crippen molar-refractivity contribution in [1.29, 1.82) is 0 Å². The molecule has 2 nitrogen and oxygen atoms in total. The van der Waals surface area contributed by atoms with Gasteiger partial charge in [-0.1, -0.05) is 39.0 Å². The zero-order valence-corrected chi connectivity index (χ0v) is 13.2. The quantitative estimate of drug-likeness (QED) is 0.720. The van der Waals surface area contributed by atoms with Crippen molar-refractivity contribution < 1.29 is 9.90 Å². The molecule has 2 rings (SSSR count). The molecule has 0 heterocycles. The Bertz CT molecular complexity index is 284. The van der Waals surface area contributed by atoms with Crippen LogP contribution in [0.1, 0.15) is 84.0 Å². The fourth-order valence-electron chi connectivity index (χ4n) is 4.55. The molecule has 0 aromatic heterocycles. The molecule has 2 aliphatic rings. The van der Waals surface area contributed by atoms with Crippen LogP contribution in [0.2, 0.25) is 0 Å². The van der Waals surface area contributed by atoms with Crippen molar-refractivity contribution in [1.82, 2.24) is 0 Å². The van der Waals surface area contributed by atoms with Crippen LogP contribution >= 0.6 is 0 Å². The number of rotatable bonds is 6. The van der Waals surface area contributed by atoms with Crippen LogP contribution in [-0.4, -0.2) is 11.1 Å². The molecule has 0 aromatic rings. The van der Waals surface area contributed by atoms with Crippen LogP contribution in [0.5, 0.6) is 0 Å². The van der Waals surface area contributed by atoms with Crippen LogP contribution in [0.4, 0.5) is 0 Å². The van der Waals surface area contributed by atoms with Gasteiger partial charge in [-0.25, -0.2) is 0 Å². The lowest BCUT2D eigenvalue weighted by atomic mass is 9.68. The highest BCUT2D eigenvalue weighted by Crippen LogP contribution is 2.42. The summed E-state index contributed by atoms with van der Waals surface area (Å²) in [6.45, 7) is 2.29. The van der Waals surface area contributed by atoms with Crippen LogP contribution in [0.15, 0.2) is 0 Å². The molecule has 1 N–H and O–H groups in total. The Kier molecular flexibility index (Phi) is 6.38. The van der Waals surface area contributed by atoms with E-state index < -0.39 is 5.97 Å². The summed E-state index contributed by atoms with van der Waals surface area (Å²) in [5.74, 6) is 2.73. The number of unbranched alkanes of at least 4 members (excludes halogenated alkanes) is 1. The number of hydrogen-bond donors (Lipinski definition) is 1. The Balaban J connectivity index is 1.66. The zero-order valence-electron chi connectivity index (χ0n) is 13.2. The van der Waals surface area contributed by atoms with Gasteiger partial charge in [-0.3, -0.25) is 4.79 Å². The fraction of sp³-hybridized carbons (Fsp3) is 0.944. The SMILES string of the molecule is CCCCC1CCC(C2CCC(CC(=O)O)CC2)CC1. The van der Waals surface area contributed by atoms with E-state index in [1.54, 1.807) is 0 Å². The Labute approximate surface area is 124 Å². The van der Waals surface area contributed by atoms with Crippen molar-refractivity contribution in [3.63, 3.8) is 0 Å². The van der Waals surface area contributed by atoms with Crippen LogP contribution in [-0.2, 0) is 4.79 Å². The minimum atomic E-state index is -0.607. The van der Waals surface area contributed by atoms with Gasteiger partial charge in [-0.2, -0.15) is 0 Å². The van der Waals surface area contributed by atoms with Gasteiger partial charge in [0.1, 0.15) is 0 Å². The monoisotopic (exact) mass is 280 g/mol. The van der Waals surface area contributed by atoms with Gasteiger partial charge < -0.3 is 5.11 Å². The minimum absolute atomic E-state index is 0.399. The summed E-state index contributed by atoms with van der Waals surface area (Å²) in [4.78, 5) is 10.8. The van der Waals surface area contributed by atoms with Gasteiger partial charge in [0.05, 0.1) is 0 Å². The van der Waals surface area contributed by atoms with Crippen molar-refractivity contribution in [2.45, 2.75) is 84.0 Å². The topological polar surface area (TPSA) is 37.3 Å². The summed E-state index contributed by atoms with van der Waals surface area (Å²) in [7, 11) is 0. The molecule has 116 valence electrons. The molecule has 2 aliphatic carbocycles. The standard InChI is InChI=1S/C18H32O2/c1-2-3-4-14-5-9-16(10-6-14)17-11-7-15(8-12-17)13-18(19)20/h14-17H,2-13H2,1H3,(H,19,20). The predicted octanol–water partition coefficient (Wildman–Crippen LogP) is 5.26. The summed E-state index contributed by atoms with van der Waals surface area (Å²) in [5.41, 5.74) is 0. The first kappa shape index (κ1) is 15.9. The van der Waals surface area contributed by atoms with E-state index >= 15 is 0 Å². The van der Waals surface area contributed by atoms with Crippen molar-refractivity contribution >= 4 is 5.97 Å². The highest BCUT2D eigenvalue weighted by atomic mass is 16.4. The van der Waals surface area contributed by atoms with E-state index in [4.69, 9.17) is 5.11 Å². The lowest BCUT2D eigenvalue weighted by Crippen LogP contribution is -2.26. The van der Waals surface area contributed by atoms with E-state index in [-0.39, 0.29) is 0 Å². The molecular formula is C18H32O2. The van der Waals surface area contributed by atoms with Crippen LogP contribution in [0, 0.1) is 23.7 Å². The first-order chi connectivity index (χ1) is 9.69. The van der Waals surface area contributed by atoms with Gasteiger partial charge in [0.25, 0.3) is 0 Å². The molecule has 0 aliphatic heterocycles. The second kappa shape index (κ2) is 8.05. The number of aliphatic carboxylic acids is 1. The maximum Gasteiger partial charge on any atom is 0.303 e. The molecule has 0 unspecified atom stereocenters. The van der Waals surface area contributed by atoms with Gasteiger partial charge in [-0.15, -0.1) is 0 Å². The Morgan fingerprint density at radius 2 is 1.40 bits per heavy atom. The molecule has 0 aromatic carbocycles. The molecule has 0 spiro atoms. The molecule has 0 atom stereocenters. The first-order valence-electron chi connectivity index (χ1n) is 8.90. The summed E-state index contributed by atoms with van der Waals surface area (Å²) < 4.78 is 0. The molecule has 0 bridgehead atoms. The highest BCUT2D eigenvalue weighted by molar-refractivity contribution is 5.67. The van der Waals surface area contributed by atoms with E-state index in [2.05, 4.69) is 6.92 Å². The number of carbonyl (C=O) groups is 1. The van der Waals surface area contributed by atoms with Crippen LogP contribution in [0.25, 0.3) is 0 Å². The van der Waals surface area contributed by atoms with Gasteiger partial charge in [0.2, 0.25) is 0 Å². The second-order valence-corrected chi connectivity index (χ2v) is 7.30. The van der Waals surface area contributed by atoms with E-state index in [9.17, 15) is 4.79 Å². The third-order valence-electron chi connectivity index (χ3n) is 5.88. The fourth-order valence-corrected chi connectivity index (χ4v) is 4.55. The summed E-state index contributed by atoms with van der Waals surface area (Å²) in [5, 5.41) is 8.88. The van der Waals surface area contributed by atoms with Gasteiger partial charge >= 0.3 is 5.97 Å². The average molecular weight is 280 g/mol. The lowest BCUT2D eigenvalue weighted by molar-refractivity contribution is -0.138.